The molecule has 32 heavy (non-hydrogen) atoms. The molecule has 0 atom stereocenters. The fourth-order valence-corrected chi connectivity index (χ4v) is 3.26. The first-order valence-electron chi connectivity index (χ1n) is 10.3. The quantitative estimate of drug-likeness (QED) is 0.451. The van der Waals surface area contributed by atoms with Gasteiger partial charge in [-0.15, -0.1) is 0 Å². The van der Waals surface area contributed by atoms with E-state index in [4.69, 9.17) is 4.74 Å². The number of benzene rings is 2. The molecule has 8 heteroatoms. The summed E-state index contributed by atoms with van der Waals surface area (Å²) in [5, 5.41) is 11.5. The Morgan fingerprint density at radius 2 is 1.78 bits per heavy atom. The minimum absolute atomic E-state index is 0.224. The number of nitrogens with one attached hydrogen (secondary N) is 1. The molecule has 4 aromatic rings. The van der Waals surface area contributed by atoms with Gasteiger partial charge in [0.25, 0.3) is 5.91 Å². The van der Waals surface area contributed by atoms with E-state index in [1.807, 2.05) is 54.1 Å². The third-order valence-electron chi connectivity index (χ3n) is 4.99. The number of amides is 1. The Morgan fingerprint density at radius 1 is 1.03 bits per heavy atom. The van der Waals surface area contributed by atoms with Gasteiger partial charge in [-0.2, -0.15) is 10.2 Å². The Balaban J connectivity index is 1.43. The fraction of sp³-hybridized carbons (Fsp3) is 0.167. The van der Waals surface area contributed by atoms with E-state index in [-0.39, 0.29) is 11.6 Å². The number of ether oxygens (including phenoxy) is 1. The molecule has 0 saturated heterocycles. The largest absolute Gasteiger partial charge is 0.461 e. The summed E-state index contributed by atoms with van der Waals surface area (Å²) in [5.74, 6) is -0.684. The minimum Gasteiger partial charge on any atom is -0.461 e. The van der Waals surface area contributed by atoms with Crippen molar-refractivity contribution in [1.82, 2.24) is 19.6 Å². The van der Waals surface area contributed by atoms with Crippen LogP contribution in [0.1, 0.15) is 39.0 Å². The third-order valence-corrected chi connectivity index (χ3v) is 4.99. The van der Waals surface area contributed by atoms with Gasteiger partial charge in [-0.25, -0.2) is 9.48 Å². The number of nitrogens with zero attached hydrogens (tertiary/aromatic N) is 4. The monoisotopic (exact) mass is 429 g/mol. The predicted octanol–water partition coefficient (Wildman–Crippen LogP) is 3.85. The number of esters is 1. The average Bonchev–Trinajstić information content (AvgIpc) is 3.43. The molecule has 1 amide bonds. The van der Waals surface area contributed by atoms with Crippen LogP contribution in [0.3, 0.4) is 0 Å². The lowest BCUT2D eigenvalue weighted by Crippen LogP contribution is -2.13. The maximum Gasteiger partial charge on any atom is 0.358 e. The second-order valence-electron chi connectivity index (χ2n) is 7.15. The van der Waals surface area contributed by atoms with Gasteiger partial charge in [-0.1, -0.05) is 30.3 Å². The van der Waals surface area contributed by atoms with Crippen LogP contribution >= 0.6 is 0 Å². The molecule has 2 heterocycles. The molecule has 0 saturated carbocycles. The number of aromatic nitrogens is 4. The van der Waals surface area contributed by atoms with Gasteiger partial charge in [-0.05, 0) is 49.7 Å². The fourth-order valence-electron chi connectivity index (χ4n) is 3.26. The van der Waals surface area contributed by atoms with Crippen molar-refractivity contribution in [2.24, 2.45) is 0 Å². The number of hydrogen-bond donors (Lipinski definition) is 1. The van der Waals surface area contributed by atoms with Gasteiger partial charge >= 0.3 is 5.97 Å². The highest BCUT2D eigenvalue weighted by atomic mass is 16.5. The molecular formula is C24H23N5O3. The molecule has 0 aliphatic carbocycles. The Bertz CT molecular complexity index is 1230. The molecule has 1 N–H and O–H groups in total. The Morgan fingerprint density at radius 3 is 2.50 bits per heavy atom. The van der Waals surface area contributed by atoms with Crippen molar-refractivity contribution in [3.05, 3.63) is 95.6 Å². The highest BCUT2D eigenvalue weighted by Gasteiger charge is 2.15. The molecule has 2 aromatic carbocycles. The van der Waals surface area contributed by atoms with Crippen LogP contribution in [0.4, 0.5) is 5.69 Å². The zero-order valence-electron chi connectivity index (χ0n) is 17.9. The highest BCUT2D eigenvalue weighted by molar-refractivity contribution is 6.04. The lowest BCUT2D eigenvalue weighted by molar-refractivity contribution is 0.0519. The first-order chi connectivity index (χ1) is 15.5. The minimum atomic E-state index is -0.460. The van der Waals surface area contributed by atoms with E-state index >= 15 is 0 Å². The molecular weight excluding hydrogens is 406 g/mol. The Kier molecular flexibility index (Phi) is 6.12. The molecule has 4 rings (SSSR count). The van der Waals surface area contributed by atoms with Crippen LogP contribution < -0.4 is 5.32 Å². The zero-order valence-corrected chi connectivity index (χ0v) is 17.9. The smallest absolute Gasteiger partial charge is 0.358 e. The van der Waals surface area contributed by atoms with Gasteiger partial charge in [0, 0.05) is 17.6 Å². The Labute approximate surface area is 185 Å². The molecule has 2 aromatic heterocycles. The number of carbonyl (C=O) groups is 2. The van der Waals surface area contributed by atoms with Crippen molar-refractivity contribution < 1.29 is 14.3 Å². The molecule has 0 unspecified atom stereocenters. The normalized spacial score (nSPS) is 10.7. The summed E-state index contributed by atoms with van der Waals surface area (Å²) in [5.41, 5.74) is 4.08. The van der Waals surface area contributed by atoms with Crippen molar-refractivity contribution in [2.75, 3.05) is 11.9 Å². The van der Waals surface area contributed by atoms with Crippen molar-refractivity contribution >= 4 is 17.6 Å². The number of rotatable bonds is 7. The van der Waals surface area contributed by atoms with Crippen molar-refractivity contribution in [2.45, 2.75) is 20.4 Å². The van der Waals surface area contributed by atoms with Gasteiger partial charge in [0.2, 0.25) is 0 Å². The van der Waals surface area contributed by atoms with E-state index in [9.17, 15) is 9.59 Å². The Hall–Kier alpha value is -4.20. The SMILES string of the molecule is CCOC(=O)c1ccn(-c2ccc(NC(=O)c3cnn(Cc4ccccc4)c3C)cc2)n1. The van der Waals surface area contributed by atoms with E-state index in [0.29, 0.717) is 24.4 Å². The van der Waals surface area contributed by atoms with Gasteiger partial charge in [0.05, 0.1) is 30.6 Å². The average molecular weight is 429 g/mol. The number of anilines is 1. The molecule has 0 bridgehead atoms. The van der Waals surface area contributed by atoms with Crippen LogP contribution in [-0.4, -0.2) is 38.0 Å². The van der Waals surface area contributed by atoms with Gasteiger partial charge in [-0.3, -0.25) is 9.48 Å². The van der Waals surface area contributed by atoms with Crippen LogP contribution in [0.5, 0.6) is 0 Å². The maximum atomic E-state index is 12.8. The van der Waals surface area contributed by atoms with E-state index in [1.54, 1.807) is 42.2 Å². The summed E-state index contributed by atoms with van der Waals surface area (Å²) in [4.78, 5) is 24.5. The first-order valence-corrected chi connectivity index (χ1v) is 10.3. The van der Waals surface area contributed by atoms with Crippen LogP contribution in [0, 0.1) is 6.92 Å². The molecule has 0 fully saturated rings. The summed E-state index contributed by atoms with van der Waals surface area (Å²) in [6, 6.07) is 18.8. The molecule has 0 spiro atoms. The van der Waals surface area contributed by atoms with Crippen molar-refractivity contribution in [3.8, 4) is 5.69 Å². The second kappa shape index (κ2) is 9.30. The molecule has 162 valence electrons. The number of carbonyl (C=O) groups excluding carboxylic acids is 2. The maximum absolute atomic E-state index is 12.8. The van der Waals surface area contributed by atoms with E-state index in [2.05, 4.69) is 15.5 Å². The lowest BCUT2D eigenvalue weighted by atomic mass is 10.2. The van der Waals surface area contributed by atoms with Gasteiger partial charge in [0.1, 0.15) is 0 Å². The van der Waals surface area contributed by atoms with E-state index in [1.165, 1.54) is 0 Å². The standard InChI is InChI=1S/C24H23N5O3/c1-3-32-24(31)22-13-14-28(27-22)20-11-9-19(10-12-20)26-23(30)21-15-25-29(17(21)2)16-18-7-5-4-6-8-18/h4-15H,3,16H2,1-2H3,(H,26,30). The van der Waals surface area contributed by atoms with Gasteiger partial charge in [0.15, 0.2) is 5.69 Å². The predicted molar refractivity (Wildman–Crippen MR) is 120 cm³/mol. The third kappa shape index (κ3) is 4.59. The van der Waals surface area contributed by atoms with Crippen LogP contribution in [-0.2, 0) is 11.3 Å². The second-order valence-corrected chi connectivity index (χ2v) is 7.15. The summed E-state index contributed by atoms with van der Waals surface area (Å²) in [7, 11) is 0. The van der Waals surface area contributed by atoms with Crippen LogP contribution in [0.25, 0.3) is 5.69 Å². The van der Waals surface area contributed by atoms with Crippen LogP contribution in [0.2, 0.25) is 0 Å². The lowest BCUT2D eigenvalue weighted by Gasteiger charge is -2.08. The van der Waals surface area contributed by atoms with E-state index < -0.39 is 5.97 Å². The summed E-state index contributed by atoms with van der Waals surface area (Å²) >= 11 is 0. The molecule has 0 aliphatic rings. The van der Waals surface area contributed by atoms with Crippen LogP contribution in [0.15, 0.2) is 73.1 Å². The van der Waals surface area contributed by atoms with Gasteiger partial charge < -0.3 is 10.1 Å². The topological polar surface area (TPSA) is 91.0 Å². The summed E-state index contributed by atoms with van der Waals surface area (Å²) in [6.45, 7) is 4.53. The molecule has 0 aliphatic heterocycles. The number of hydrogen-bond acceptors (Lipinski definition) is 5. The van der Waals surface area contributed by atoms with Crippen molar-refractivity contribution in [1.29, 1.82) is 0 Å². The van der Waals surface area contributed by atoms with E-state index in [0.717, 1.165) is 16.9 Å². The first kappa shape index (κ1) is 21.0. The summed E-state index contributed by atoms with van der Waals surface area (Å²) in [6.07, 6.45) is 3.27. The highest BCUT2D eigenvalue weighted by Crippen LogP contribution is 2.16. The van der Waals surface area contributed by atoms with Crippen molar-refractivity contribution in [3.63, 3.8) is 0 Å². The molecule has 0 radical (unpaired) electrons. The zero-order chi connectivity index (χ0) is 22.5. The summed E-state index contributed by atoms with van der Waals surface area (Å²) < 4.78 is 8.35. The molecule has 8 nitrogen and oxygen atoms in total.